The summed E-state index contributed by atoms with van der Waals surface area (Å²) in [5.74, 6) is -2.98. The maximum atomic E-state index is 12.8. The number of aliphatic hydroxyl groups is 1. The molecule has 0 amide bonds. The van der Waals surface area contributed by atoms with Gasteiger partial charge in [-0.05, 0) is 23.3 Å². The van der Waals surface area contributed by atoms with E-state index >= 15 is 0 Å². The van der Waals surface area contributed by atoms with Crippen molar-refractivity contribution < 1.29 is 23.0 Å². The molecule has 1 unspecified atom stereocenters. The van der Waals surface area contributed by atoms with Crippen LogP contribution in [0, 0.1) is 0 Å². The Morgan fingerprint density at radius 2 is 1.84 bits per heavy atom. The standard InChI is InChI=1S/C14H11F3O2/c15-14(16,17)13(18)8-7-11-10-4-2-1-3-9(10)5-6-12(11)19-13/h1-6,18H,7-8H2. The second-order valence-corrected chi connectivity index (χ2v) is 4.65. The van der Waals surface area contributed by atoms with E-state index in [0.717, 1.165) is 10.8 Å². The van der Waals surface area contributed by atoms with Crippen LogP contribution < -0.4 is 4.74 Å². The highest BCUT2D eigenvalue weighted by Gasteiger charge is 2.57. The van der Waals surface area contributed by atoms with Gasteiger partial charge in [0.15, 0.2) is 0 Å². The van der Waals surface area contributed by atoms with Crippen molar-refractivity contribution in [2.75, 3.05) is 0 Å². The van der Waals surface area contributed by atoms with Gasteiger partial charge in [-0.3, -0.25) is 0 Å². The lowest BCUT2D eigenvalue weighted by Crippen LogP contribution is -2.52. The summed E-state index contributed by atoms with van der Waals surface area (Å²) in [6.07, 6.45) is -5.15. The van der Waals surface area contributed by atoms with Crippen LogP contribution in [0.15, 0.2) is 36.4 Å². The minimum absolute atomic E-state index is 0.102. The Balaban J connectivity index is 2.11. The zero-order valence-electron chi connectivity index (χ0n) is 9.87. The summed E-state index contributed by atoms with van der Waals surface area (Å²) >= 11 is 0. The zero-order valence-corrected chi connectivity index (χ0v) is 9.87. The van der Waals surface area contributed by atoms with Gasteiger partial charge in [0.1, 0.15) is 5.75 Å². The Labute approximate surface area is 107 Å². The van der Waals surface area contributed by atoms with E-state index in [1.165, 1.54) is 6.07 Å². The first-order chi connectivity index (χ1) is 8.91. The van der Waals surface area contributed by atoms with E-state index in [1.807, 2.05) is 24.3 Å². The quantitative estimate of drug-likeness (QED) is 0.793. The molecule has 0 fully saturated rings. The SMILES string of the molecule is OC1(C(F)(F)F)CCc2c(ccc3ccccc23)O1. The first-order valence-corrected chi connectivity index (χ1v) is 5.89. The Morgan fingerprint density at radius 3 is 2.58 bits per heavy atom. The van der Waals surface area contributed by atoms with Gasteiger partial charge in [0.25, 0.3) is 0 Å². The van der Waals surface area contributed by atoms with Crippen molar-refractivity contribution in [3.8, 4) is 5.75 Å². The Hall–Kier alpha value is -1.75. The minimum Gasteiger partial charge on any atom is -0.453 e. The van der Waals surface area contributed by atoms with Crippen molar-refractivity contribution in [3.05, 3.63) is 42.0 Å². The average molecular weight is 268 g/mol. The third-order valence-electron chi connectivity index (χ3n) is 3.43. The van der Waals surface area contributed by atoms with Crippen molar-refractivity contribution in [3.63, 3.8) is 0 Å². The summed E-state index contributed by atoms with van der Waals surface area (Å²) in [5.41, 5.74) is 0.715. The highest BCUT2D eigenvalue weighted by molar-refractivity contribution is 5.88. The molecule has 19 heavy (non-hydrogen) atoms. The monoisotopic (exact) mass is 268 g/mol. The van der Waals surface area contributed by atoms with Gasteiger partial charge in [-0.1, -0.05) is 30.3 Å². The molecule has 1 aliphatic heterocycles. The summed E-state index contributed by atoms with van der Waals surface area (Å²) in [7, 11) is 0. The Morgan fingerprint density at radius 1 is 1.11 bits per heavy atom. The van der Waals surface area contributed by atoms with Gasteiger partial charge in [0.2, 0.25) is 0 Å². The number of hydrogen-bond donors (Lipinski definition) is 1. The highest BCUT2D eigenvalue weighted by Crippen LogP contribution is 2.43. The Bertz CT molecular complexity index is 636. The molecule has 2 aromatic rings. The van der Waals surface area contributed by atoms with Crippen molar-refractivity contribution >= 4 is 10.8 Å². The zero-order chi connectivity index (χ0) is 13.7. The van der Waals surface area contributed by atoms with Gasteiger partial charge >= 0.3 is 12.0 Å². The fourth-order valence-corrected chi connectivity index (χ4v) is 2.40. The van der Waals surface area contributed by atoms with E-state index in [4.69, 9.17) is 4.74 Å². The van der Waals surface area contributed by atoms with E-state index in [1.54, 1.807) is 6.07 Å². The number of rotatable bonds is 0. The highest BCUT2D eigenvalue weighted by atomic mass is 19.4. The molecule has 3 rings (SSSR count). The predicted molar refractivity (Wildman–Crippen MR) is 63.9 cm³/mol. The van der Waals surface area contributed by atoms with E-state index in [9.17, 15) is 18.3 Å². The number of halogens is 3. The van der Waals surface area contributed by atoms with Crippen molar-refractivity contribution in [1.29, 1.82) is 0 Å². The van der Waals surface area contributed by atoms with Crippen LogP contribution in [-0.4, -0.2) is 17.1 Å². The predicted octanol–water partition coefficient (Wildman–Crippen LogP) is 3.42. The second kappa shape index (κ2) is 3.87. The molecular weight excluding hydrogens is 257 g/mol. The van der Waals surface area contributed by atoms with Crippen LogP contribution in [0.4, 0.5) is 13.2 Å². The first-order valence-electron chi connectivity index (χ1n) is 5.89. The first kappa shape index (κ1) is 12.3. The van der Waals surface area contributed by atoms with E-state index < -0.39 is 18.4 Å². The average Bonchev–Trinajstić information content (AvgIpc) is 2.37. The second-order valence-electron chi connectivity index (χ2n) is 4.65. The molecule has 0 aromatic heterocycles. The normalized spacial score (nSPS) is 22.9. The van der Waals surface area contributed by atoms with E-state index in [2.05, 4.69) is 0 Å². The number of ether oxygens (including phenoxy) is 1. The van der Waals surface area contributed by atoms with Crippen LogP contribution >= 0.6 is 0 Å². The molecule has 5 heteroatoms. The van der Waals surface area contributed by atoms with Crippen LogP contribution in [0.5, 0.6) is 5.75 Å². The molecule has 2 aromatic carbocycles. The number of aryl methyl sites for hydroxylation is 1. The van der Waals surface area contributed by atoms with Crippen LogP contribution in [-0.2, 0) is 6.42 Å². The molecule has 0 spiro atoms. The molecule has 1 heterocycles. The molecule has 1 N–H and O–H groups in total. The van der Waals surface area contributed by atoms with Crippen LogP contribution in [0.3, 0.4) is 0 Å². The molecule has 1 atom stereocenters. The lowest BCUT2D eigenvalue weighted by Gasteiger charge is -2.35. The fourth-order valence-electron chi connectivity index (χ4n) is 2.40. The third kappa shape index (κ3) is 1.85. The van der Waals surface area contributed by atoms with Crippen LogP contribution in [0.2, 0.25) is 0 Å². The van der Waals surface area contributed by atoms with Crippen molar-refractivity contribution in [1.82, 2.24) is 0 Å². The van der Waals surface area contributed by atoms with Gasteiger partial charge in [0.05, 0.1) is 0 Å². The Kier molecular flexibility index (Phi) is 2.50. The molecule has 100 valence electrons. The summed E-state index contributed by atoms with van der Waals surface area (Å²) in [5, 5.41) is 11.4. The summed E-state index contributed by atoms with van der Waals surface area (Å²) in [4.78, 5) is 0. The van der Waals surface area contributed by atoms with Crippen molar-refractivity contribution in [2.24, 2.45) is 0 Å². The summed E-state index contributed by atoms with van der Waals surface area (Å²) in [6, 6.07) is 10.6. The van der Waals surface area contributed by atoms with E-state index in [0.29, 0.717) is 5.56 Å². The van der Waals surface area contributed by atoms with Gasteiger partial charge in [-0.15, -0.1) is 0 Å². The lowest BCUT2D eigenvalue weighted by molar-refractivity contribution is -0.340. The topological polar surface area (TPSA) is 29.5 Å². The smallest absolute Gasteiger partial charge is 0.453 e. The molecule has 0 radical (unpaired) electrons. The molecule has 1 aliphatic rings. The van der Waals surface area contributed by atoms with Gasteiger partial charge in [-0.25, -0.2) is 0 Å². The fraction of sp³-hybridized carbons (Fsp3) is 0.286. The minimum atomic E-state index is -4.80. The maximum Gasteiger partial charge on any atom is 0.455 e. The maximum absolute atomic E-state index is 12.8. The van der Waals surface area contributed by atoms with Crippen LogP contribution in [0.25, 0.3) is 10.8 Å². The summed E-state index contributed by atoms with van der Waals surface area (Å²) in [6.45, 7) is 0. The van der Waals surface area contributed by atoms with E-state index in [-0.39, 0.29) is 12.2 Å². The van der Waals surface area contributed by atoms with Crippen LogP contribution in [0.1, 0.15) is 12.0 Å². The largest absolute Gasteiger partial charge is 0.455 e. The third-order valence-corrected chi connectivity index (χ3v) is 3.43. The van der Waals surface area contributed by atoms with Gasteiger partial charge < -0.3 is 9.84 Å². The molecule has 0 aliphatic carbocycles. The van der Waals surface area contributed by atoms with Gasteiger partial charge in [0, 0.05) is 12.0 Å². The van der Waals surface area contributed by atoms with Crippen molar-refractivity contribution in [2.45, 2.75) is 24.8 Å². The summed E-state index contributed by atoms with van der Waals surface area (Å²) < 4.78 is 43.1. The number of hydrogen-bond acceptors (Lipinski definition) is 2. The number of benzene rings is 2. The molecule has 2 nitrogen and oxygen atoms in total. The molecule has 0 saturated carbocycles. The van der Waals surface area contributed by atoms with Gasteiger partial charge in [-0.2, -0.15) is 13.2 Å². The number of fused-ring (bicyclic) bond motifs is 3. The molecule has 0 saturated heterocycles. The lowest BCUT2D eigenvalue weighted by atomic mass is 9.94. The molecular formula is C14H11F3O2. The molecule has 0 bridgehead atoms. The number of alkyl halides is 3.